The Morgan fingerprint density at radius 3 is 2.94 bits per heavy atom. The van der Waals surface area contributed by atoms with Gasteiger partial charge in [-0.15, -0.1) is 0 Å². The summed E-state index contributed by atoms with van der Waals surface area (Å²) in [5.74, 6) is -0.199. The van der Waals surface area contributed by atoms with Crippen LogP contribution < -0.4 is 0 Å². The molecule has 1 aromatic carbocycles. The smallest absolute Gasteiger partial charge is 0.306 e. The first-order valence-electron chi connectivity index (χ1n) is 5.47. The van der Waals surface area contributed by atoms with E-state index in [1.165, 1.54) is 0 Å². The normalized spacial score (nSPS) is 9.71. The Morgan fingerprint density at radius 1 is 1.53 bits per heavy atom. The number of aryl methyl sites for hydroxylation is 1. The predicted octanol–water partition coefficient (Wildman–Crippen LogP) is 3.01. The second-order valence-electron chi connectivity index (χ2n) is 3.52. The summed E-state index contributed by atoms with van der Waals surface area (Å²) in [6.07, 6.45) is 1.30. The molecule has 0 N–H and O–H groups in total. The molecule has 0 saturated heterocycles. The number of ether oxygens (including phenoxy) is 1. The van der Waals surface area contributed by atoms with Crippen molar-refractivity contribution in [2.45, 2.75) is 26.2 Å². The molecule has 0 amide bonds. The summed E-state index contributed by atoms with van der Waals surface area (Å²) in [5, 5.41) is 8.77. The van der Waals surface area contributed by atoms with Crippen LogP contribution in [-0.4, -0.2) is 12.6 Å². The van der Waals surface area contributed by atoms with Crippen molar-refractivity contribution in [1.82, 2.24) is 0 Å². The zero-order valence-corrected chi connectivity index (χ0v) is 11.3. The summed E-state index contributed by atoms with van der Waals surface area (Å²) in [7, 11) is 0. The quantitative estimate of drug-likeness (QED) is 0.785. The fourth-order valence-electron chi connectivity index (χ4n) is 1.58. The number of esters is 1. The monoisotopic (exact) mass is 295 g/mol. The predicted molar refractivity (Wildman–Crippen MR) is 68.4 cm³/mol. The first-order chi connectivity index (χ1) is 8.19. The summed E-state index contributed by atoms with van der Waals surface area (Å²) in [6, 6.07) is 7.88. The molecule has 90 valence electrons. The summed E-state index contributed by atoms with van der Waals surface area (Å²) in [6.45, 7) is 2.19. The molecular formula is C13H14BrNO2. The number of halogens is 1. The molecule has 0 fully saturated rings. The van der Waals surface area contributed by atoms with Crippen LogP contribution in [0, 0.1) is 11.3 Å². The average molecular weight is 296 g/mol. The van der Waals surface area contributed by atoms with Gasteiger partial charge in [0.05, 0.1) is 19.1 Å². The lowest BCUT2D eigenvalue weighted by molar-refractivity contribution is -0.143. The zero-order valence-electron chi connectivity index (χ0n) is 9.70. The van der Waals surface area contributed by atoms with Gasteiger partial charge in [-0.3, -0.25) is 4.79 Å². The Balaban J connectivity index is 2.74. The van der Waals surface area contributed by atoms with E-state index in [1.807, 2.05) is 18.2 Å². The van der Waals surface area contributed by atoms with Gasteiger partial charge >= 0.3 is 5.97 Å². The van der Waals surface area contributed by atoms with Crippen molar-refractivity contribution in [2.75, 3.05) is 6.61 Å². The van der Waals surface area contributed by atoms with Gasteiger partial charge in [0.25, 0.3) is 0 Å². The summed E-state index contributed by atoms with van der Waals surface area (Å²) >= 11 is 3.42. The van der Waals surface area contributed by atoms with E-state index in [2.05, 4.69) is 22.0 Å². The molecule has 0 aromatic heterocycles. The molecule has 0 saturated carbocycles. The summed E-state index contributed by atoms with van der Waals surface area (Å²) < 4.78 is 5.80. The highest BCUT2D eigenvalue weighted by atomic mass is 79.9. The molecule has 1 aromatic rings. The second kappa shape index (κ2) is 7.08. The van der Waals surface area contributed by atoms with E-state index in [1.54, 1.807) is 6.92 Å². The van der Waals surface area contributed by atoms with Crippen molar-refractivity contribution >= 4 is 21.9 Å². The third-order valence-electron chi connectivity index (χ3n) is 2.38. The Hall–Kier alpha value is -1.34. The standard InChI is InChI=1S/C13H14BrNO2/c1-2-17-13(16)7-6-10-4-3-5-12(14)11(10)8-9-15/h3-5H,2,6-8H2,1H3. The maximum Gasteiger partial charge on any atom is 0.306 e. The number of nitriles is 1. The SMILES string of the molecule is CCOC(=O)CCc1cccc(Br)c1CC#N. The van der Waals surface area contributed by atoms with Gasteiger partial charge in [-0.1, -0.05) is 28.1 Å². The highest BCUT2D eigenvalue weighted by molar-refractivity contribution is 9.10. The molecule has 0 heterocycles. The lowest BCUT2D eigenvalue weighted by atomic mass is 10.0. The topological polar surface area (TPSA) is 50.1 Å². The number of rotatable bonds is 5. The van der Waals surface area contributed by atoms with Crippen molar-refractivity contribution in [3.8, 4) is 6.07 Å². The van der Waals surface area contributed by atoms with Gasteiger partial charge < -0.3 is 4.74 Å². The number of hydrogen-bond donors (Lipinski definition) is 0. The molecule has 0 aliphatic rings. The molecule has 0 aliphatic carbocycles. The maximum absolute atomic E-state index is 11.3. The van der Waals surface area contributed by atoms with Gasteiger partial charge in [-0.2, -0.15) is 5.26 Å². The molecular weight excluding hydrogens is 282 g/mol. The van der Waals surface area contributed by atoms with Crippen LogP contribution >= 0.6 is 15.9 Å². The first-order valence-corrected chi connectivity index (χ1v) is 6.27. The van der Waals surface area contributed by atoms with E-state index < -0.39 is 0 Å². The first kappa shape index (κ1) is 13.7. The Bertz CT molecular complexity index is 438. The minimum Gasteiger partial charge on any atom is -0.466 e. The molecule has 1 rings (SSSR count). The highest BCUT2D eigenvalue weighted by Crippen LogP contribution is 2.22. The van der Waals surface area contributed by atoms with Crippen molar-refractivity contribution < 1.29 is 9.53 Å². The fraction of sp³-hybridized carbons (Fsp3) is 0.385. The number of nitrogens with zero attached hydrogens (tertiary/aromatic N) is 1. The van der Waals surface area contributed by atoms with Gasteiger partial charge in [-0.25, -0.2) is 0 Å². The zero-order chi connectivity index (χ0) is 12.7. The van der Waals surface area contributed by atoms with E-state index in [9.17, 15) is 4.79 Å². The summed E-state index contributed by atoms with van der Waals surface area (Å²) in [5.41, 5.74) is 1.98. The largest absolute Gasteiger partial charge is 0.466 e. The molecule has 0 atom stereocenters. The van der Waals surface area contributed by atoms with Crippen LogP contribution in [0.4, 0.5) is 0 Å². The maximum atomic E-state index is 11.3. The lowest BCUT2D eigenvalue weighted by Gasteiger charge is -2.08. The third kappa shape index (κ3) is 4.20. The molecule has 0 unspecified atom stereocenters. The Kier molecular flexibility index (Phi) is 5.71. The number of carbonyl (C=O) groups is 1. The molecule has 0 spiro atoms. The Labute approximate surface area is 110 Å². The van der Waals surface area contributed by atoms with Crippen LogP contribution in [0.15, 0.2) is 22.7 Å². The van der Waals surface area contributed by atoms with Gasteiger partial charge in [0, 0.05) is 10.9 Å². The number of hydrogen-bond acceptors (Lipinski definition) is 3. The second-order valence-corrected chi connectivity index (χ2v) is 4.37. The van der Waals surface area contributed by atoms with E-state index >= 15 is 0 Å². The molecule has 0 aliphatic heterocycles. The van der Waals surface area contributed by atoms with Gasteiger partial charge in [0.2, 0.25) is 0 Å². The van der Waals surface area contributed by atoms with E-state index in [0.29, 0.717) is 25.9 Å². The van der Waals surface area contributed by atoms with Crippen LogP contribution in [0.3, 0.4) is 0 Å². The minimum atomic E-state index is -0.199. The van der Waals surface area contributed by atoms with Crippen molar-refractivity contribution in [1.29, 1.82) is 5.26 Å². The average Bonchev–Trinajstić information content (AvgIpc) is 2.30. The van der Waals surface area contributed by atoms with Crippen molar-refractivity contribution in [3.05, 3.63) is 33.8 Å². The van der Waals surface area contributed by atoms with Gasteiger partial charge in [-0.05, 0) is 30.5 Å². The highest BCUT2D eigenvalue weighted by Gasteiger charge is 2.09. The molecule has 0 radical (unpaired) electrons. The minimum absolute atomic E-state index is 0.199. The van der Waals surface area contributed by atoms with E-state index in [4.69, 9.17) is 10.00 Å². The van der Waals surface area contributed by atoms with Crippen LogP contribution in [0.25, 0.3) is 0 Å². The number of benzene rings is 1. The van der Waals surface area contributed by atoms with Gasteiger partial charge in [0.1, 0.15) is 0 Å². The van der Waals surface area contributed by atoms with Crippen molar-refractivity contribution in [2.24, 2.45) is 0 Å². The van der Waals surface area contributed by atoms with E-state index in [0.717, 1.165) is 15.6 Å². The number of carbonyl (C=O) groups excluding carboxylic acids is 1. The van der Waals surface area contributed by atoms with Crippen molar-refractivity contribution in [3.63, 3.8) is 0 Å². The van der Waals surface area contributed by atoms with Crippen LogP contribution in [-0.2, 0) is 22.4 Å². The molecule has 4 heteroatoms. The third-order valence-corrected chi connectivity index (χ3v) is 3.12. The lowest BCUT2D eigenvalue weighted by Crippen LogP contribution is -2.06. The fourth-order valence-corrected chi connectivity index (χ4v) is 2.13. The van der Waals surface area contributed by atoms with Crippen LogP contribution in [0.5, 0.6) is 0 Å². The van der Waals surface area contributed by atoms with Crippen LogP contribution in [0.2, 0.25) is 0 Å². The van der Waals surface area contributed by atoms with Crippen LogP contribution in [0.1, 0.15) is 24.5 Å². The summed E-state index contributed by atoms with van der Waals surface area (Å²) in [4.78, 5) is 11.3. The molecule has 17 heavy (non-hydrogen) atoms. The molecule has 0 bridgehead atoms. The Morgan fingerprint density at radius 2 is 2.29 bits per heavy atom. The van der Waals surface area contributed by atoms with Gasteiger partial charge in [0.15, 0.2) is 0 Å². The molecule has 3 nitrogen and oxygen atoms in total. The van der Waals surface area contributed by atoms with E-state index in [-0.39, 0.29) is 5.97 Å².